The van der Waals surface area contributed by atoms with Gasteiger partial charge >= 0.3 is 6.09 Å². The van der Waals surface area contributed by atoms with Crippen LogP contribution >= 0.6 is 11.8 Å². The molecule has 0 N–H and O–H groups in total. The number of amides is 1. The SMILES string of the molecule is CSc1ccc2c(c1)CN(C(=O)OC(C)(C)C)CC2. The molecule has 1 heterocycles. The molecule has 0 saturated carbocycles. The Morgan fingerprint density at radius 3 is 2.68 bits per heavy atom. The van der Waals surface area contributed by atoms with Gasteiger partial charge in [0.25, 0.3) is 0 Å². The molecule has 0 spiro atoms. The number of carbonyl (C=O) groups is 1. The van der Waals surface area contributed by atoms with Crippen molar-refractivity contribution in [2.45, 2.75) is 44.2 Å². The topological polar surface area (TPSA) is 29.5 Å². The van der Waals surface area contributed by atoms with E-state index in [-0.39, 0.29) is 6.09 Å². The average molecular weight is 279 g/mol. The number of thioether (sulfide) groups is 1. The third kappa shape index (κ3) is 3.66. The number of fused-ring (bicyclic) bond motifs is 1. The van der Waals surface area contributed by atoms with Gasteiger partial charge in [0.15, 0.2) is 0 Å². The van der Waals surface area contributed by atoms with E-state index in [2.05, 4.69) is 24.5 Å². The van der Waals surface area contributed by atoms with Crippen molar-refractivity contribution in [1.29, 1.82) is 0 Å². The van der Waals surface area contributed by atoms with Gasteiger partial charge in [-0.3, -0.25) is 0 Å². The van der Waals surface area contributed by atoms with Crippen molar-refractivity contribution in [3.05, 3.63) is 29.3 Å². The van der Waals surface area contributed by atoms with Crippen LogP contribution in [0.25, 0.3) is 0 Å². The maximum atomic E-state index is 12.1. The Labute approximate surface area is 119 Å². The highest BCUT2D eigenvalue weighted by molar-refractivity contribution is 7.98. The van der Waals surface area contributed by atoms with Crippen LogP contribution < -0.4 is 0 Å². The Kier molecular flexibility index (Phi) is 4.09. The fraction of sp³-hybridized carbons (Fsp3) is 0.533. The van der Waals surface area contributed by atoms with Gasteiger partial charge in [0.05, 0.1) is 0 Å². The normalized spacial score (nSPS) is 15.1. The number of carbonyl (C=O) groups excluding carboxylic acids is 1. The highest BCUT2D eigenvalue weighted by Gasteiger charge is 2.25. The molecule has 1 aromatic carbocycles. The first-order valence-electron chi connectivity index (χ1n) is 6.53. The summed E-state index contributed by atoms with van der Waals surface area (Å²) in [6, 6.07) is 6.50. The van der Waals surface area contributed by atoms with Gasteiger partial charge in [0, 0.05) is 18.0 Å². The monoisotopic (exact) mass is 279 g/mol. The van der Waals surface area contributed by atoms with E-state index in [4.69, 9.17) is 4.74 Å². The molecule has 2 rings (SSSR count). The molecule has 0 fully saturated rings. The van der Waals surface area contributed by atoms with E-state index in [1.54, 1.807) is 16.7 Å². The summed E-state index contributed by atoms with van der Waals surface area (Å²) in [5.41, 5.74) is 2.15. The Hall–Kier alpha value is -1.16. The lowest BCUT2D eigenvalue weighted by molar-refractivity contribution is 0.0224. The van der Waals surface area contributed by atoms with Crippen LogP contribution in [-0.2, 0) is 17.7 Å². The van der Waals surface area contributed by atoms with Crippen LogP contribution in [-0.4, -0.2) is 29.4 Å². The Bertz CT molecular complexity index is 480. The third-order valence-electron chi connectivity index (χ3n) is 3.08. The first kappa shape index (κ1) is 14.3. The van der Waals surface area contributed by atoms with E-state index in [0.717, 1.165) is 13.0 Å². The molecule has 0 radical (unpaired) electrons. The quantitative estimate of drug-likeness (QED) is 0.734. The zero-order valence-electron chi connectivity index (χ0n) is 12.0. The Morgan fingerprint density at radius 1 is 1.32 bits per heavy atom. The maximum Gasteiger partial charge on any atom is 0.410 e. The highest BCUT2D eigenvalue weighted by Crippen LogP contribution is 2.25. The van der Waals surface area contributed by atoms with Gasteiger partial charge in [-0.1, -0.05) is 6.07 Å². The summed E-state index contributed by atoms with van der Waals surface area (Å²) in [7, 11) is 0. The first-order valence-corrected chi connectivity index (χ1v) is 7.75. The molecular formula is C15H21NO2S. The fourth-order valence-electron chi connectivity index (χ4n) is 2.14. The summed E-state index contributed by atoms with van der Waals surface area (Å²) >= 11 is 1.73. The van der Waals surface area contributed by atoms with E-state index >= 15 is 0 Å². The molecule has 4 heteroatoms. The second kappa shape index (κ2) is 5.45. The van der Waals surface area contributed by atoms with Crippen molar-refractivity contribution in [3.8, 4) is 0 Å². The van der Waals surface area contributed by atoms with Gasteiger partial charge in [-0.2, -0.15) is 0 Å². The Balaban J connectivity index is 2.10. The molecule has 3 nitrogen and oxygen atoms in total. The van der Waals surface area contributed by atoms with E-state index in [1.165, 1.54) is 16.0 Å². The van der Waals surface area contributed by atoms with Crippen molar-refractivity contribution < 1.29 is 9.53 Å². The van der Waals surface area contributed by atoms with Crippen molar-refractivity contribution >= 4 is 17.9 Å². The number of nitrogens with zero attached hydrogens (tertiary/aromatic N) is 1. The molecule has 1 aliphatic rings. The first-order chi connectivity index (χ1) is 8.89. The lowest BCUT2D eigenvalue weighted by Gasteiger charge is -2.31. The van der Waals surface area contributed by atoms with Crippen LogP contribution in [0.15, 0.2) is 23.1 Å². The number of benzene rings is 1. The number of hydrogen-bond donors (Lipinski definition) is 0. The van der Waals surface area contributed by atoms with E-state index in [9.17, 15) is 4.79 Å². The highest BCUT2D eigenvalue weighted by atomic mass is 32.2. The van der Waals surface area contributed by atoms with Gasteiger partial charge in [-0.05, 0) is 56.7 Å². The summed E-state index contributed by atoms with van der Waals surface area (Å²) in [6.45, 7) is 7.08. The molecule has 0 atom stereocenters. The van der Waals surface area contributed by atoms with Crippen molar-refractivity contribution in [2.24, 2.45) is 0 Å². The molecular weight excluding hydrogens is 258 g/mol. The molecule has 1 aromatic rings. The van der Waals surface area contributed by atoms with Crippen molar-refractivity contribution in [2.75, 3.05) is 12.8 Å². The predicted octanol–water partition coefficient (Wildman–Crippen LogP) is 3.70. The molecule has 104 valence electrons. The average Bonchev–Trinajstić information content (AvgIpc) is 2.35. The second-order valence-corrected chi connectivity index (χ2v) is 6.67. The standard InChI is InChI=1S/C15H21NO2S/c1-15(2,3)18-14(17)16-8-7-11-5-6-13(19-4)9-12(11)10-16/h5-6,9H,7-8,10H2,1-4H3. The van der Waals surface area contributed by atoms with Gasteiger partial charge in [-0.25, -0.2) is 4.79 Å². The van der Waals surface area contributed by atoms with Gasteiger partial charge in [0.1, 0.15) is 5.60 Å². The molecule has 0 saturated heterocycles. The smallest absolute Gasteiger partial charge is 0.410 e. The van der Waals surface area contributed by atoms with E-state index < -0.39 is 5.60 Å². The minimum Gasteiger partial charge on any atom is -0.444 e. The van der Waals surface area contributed by atoms with Crippen LogP contribution in [0.1, 0.15) is 31.9 Å². The summed E-state index contributed by atoms with van der Waals surface area (Å²) in [6.07, 6.45) is 2.76. The zero-order valence-corrected chi connectivity index (χ0v) is 12.8. The number of hydrogen-bond acceptors (Lipinski definition) is 3. The minimum absolute atomic E-state index is 0.215. The van der Waals surface area contributed by atoms with E-state index in [1.807, 2.05) is 20.8 Å². The van der Waals surface area contributed by atoms with Crippen LogP contribution in [0.3, 0.4) is 0 Å². The van der Waals surface area contributed by atoms with Gasteiger partial charge in [0.2, 0.25) is 0 Å². The summed E-state index contributed by atoms with van der Waals surface area (Å²) in [5.74, 6) is 0. The molecule has 0 aromatic heterocycles. The molecule has 1 amide bonds. The minimum atomic E-state index is -0.432. The molecule has 0 unspecified atom stereocenters. The molecule has 19 heavy (non-hydrogen) atoms. The maximum absolute atomic E-state index is 12.1. The molecule has 0 aliphatic carbocycles. The largest absolute Gasteiger partial charge is 0.444 e. The molecule has 0 bridgehead atoms. The lowest BCUT2D eigenvalue weighted by atomic mass is 10.0. The van der Waals surface area contributed by atoms with Crippen LogP contribution in [0.5, 0.6) is 0 Å². The summed E-state index contributed by atoms with van der Waals surface area (Å²) in [4.78, 5) is 15.1. The van der Waals surface area contributed by atoms with E-state index in [0.29, 0.717) is 6.54 Å². The second-order valence-electron chi connectivity index (χ2n) is 5.79. The third-order valence-corrected chi connectivity index (χ3v) is 3.80. The summed E-state index contributed by atoms with van der Waals surface area (Å²) in [5, 5.41) is 0. The number of ether oxygens (including phenoxy) is 1. The van der Waals surface area contributed by atoms with Gasteiger partial charge < -0.3 is 9.64 Å². The van der Waals surface area contributed by atoms with Crippen LogP contribution in [0, 0.1) is 0 Å². The zero-order chi connectivity index (χ0) is 14.0. The van der Waals surface area contributed by atoms with Gasteiger partial charge in [-0.15, -0.1) is 11.8 Å². The lowest BCUT2D eigenvalue weighted by Crippen LogP contribution is -2.39. The molecule has 1 aliphatic heterocycles. The number of rotatable bonds is 1. The van der Waals surface area contributed by atoms with Crippen LogP contribution in [0.2, 0.25) is 0 Å². The Morgan fingerprint density at radius 2 is 2.05 bits per heavy atom. The fourth-order valence-corrected chi connectivity index (χ4v) is 2.61. The van der Waals surface area contributed by atoms with Crippen molar-refractivity contribution in [1.82, 2.24) is 4.90 Å². The predicted molar refractivity (Wildman–Crippen MR) is 78.6 cm³/mol. The van der Waals surface area contributed by atoms with Crippen LogP contribution in [0.4, 0.5) is 4.79 Å². The summed E-state index contributed by atoms with van der Waals surface area (Å²) < 4.78 is 5.43. The van der Waals surface area contributed by atoms with Crippen molar-refractivity contribution in [3.63, 3.8) is 0 Å².